The Morgan fingerprint density at radius 2 is 2.11 bits per heavy atom. The molecule has 1 aliphatic rings. The van der Waals surface area contributed by atoms with E-state index < -0.39 is 0 Å². The van der Waals surface area contributed by atoms with E-state index in [4.69, 9.17) is 10.7 Å². The minimum Gasteiger partial charge on any atom is -0.330 e. The van der Waals surface area contributed by atoms with Crippen LogP contribution in [0, 0.1) is 6.92 Å². The van der Waals surface area contributed by atoms with Gasteiger partial charge in [-0.1, -0.05) is 6.92 Å². The van der Waals surface area contributed by atoms with Gasteiger partial charge in [0.05, 0.1) is 5.25 Å². The van der Waals surface area contributed by atoms with Gasteiger partial charge in [-0.3, -0.25) is 0 Å². The van der Waals surface area contributed by atoms with Crippen LogP contribution in [0.1, 0.15) is 35.8 Å². The molecule has 0 aliphatic carbocycles. The summed E-state index contributed by atoms with van der Waals surface area (Å²) < 4.78 is 0. The van der Waals surface area contributed by atoms with E-state index >= 15 is 0 Å². The lowest BCUT2D eigenvalue weighted by atomic mass is 10.2. The third-order valence-corrected chi connectivity index (χ3v) is 6.27. The lowest BCUT2D eigenvalue weighted by Crippen LogP contribution is -2.21. The van der Waals surface area contributed by atoms with Gasteiger partial charge < -0.3 is 5.73 Å². The van der Waals surface area contributed by atoms with Crippen LogP contribution in [0.3, 0.4) is 0 Å². The van der Waals surface area contributed by atoms with Crippen molar-refractivity contribution in [3.8, 4) is 0 Å². The molecule has 3 nitrogen and oxygen atoms in total. The quantitative estimate of drug-likeness (QED) is 0.920. The molecule has 0 bridgehead atoms. The van der Waals surface area contributed by atoms with Crippen LogP contribution in [0.25, 0.3) is 0 Å². The summed E-state index contributed by atoms with van der Waals surface area (Å²) in [6.07, 6.45) is 2.03. The number of aryl methyl sites for hydroxylation is 1. The van der Waals surface area contributed by atoms with E-state index in [1.54, 1.807) is 0 Å². The molecule has 0 aromatic carbocycles. The number of nitrogens with two attached hydrogens (primary N) is 1. The molecule has 2 N–H and O–H groups in total. The van der Waals surface area contributed by atoms with Crippen molar-refractivity contribution in [2.45, 2.75) is 37.2 Å². The number of rotatable bonds is 4. The zero-order valence-corrected chi connectivity index (χ0v) is 12.7. The van der Waals surface area contributed by atoms with Crippen LogP contribution < -0.4 is 5.73 Å². The highest BCUT2D eigenvalue weighted by Crippen LogP contribution is 2.42. The van der Waals surface area contributed by atoms with Gasteiger partial charge in [0.25, 0.3) is 0 Å². The Balaban J connectivity index is 2.24. The minimum absolute atomic E-state index is 0.449. The molecule has 0 spiro atoms. The molecule has 1 aliphatic heterocycles. The maximum atomic E-state index is 5.62. The fourth-order valence-electron chi connectivity index (χ4n) is 2.20. The Hall–Kier alpha value is -0.260. The van der Waals surface area contributed by atoms with Gasteiger partial charge in [-0.15, -0.1) is 11.8 Å². The molecule has 1 aromatic heterocycles. The molecular formula is C13H21N3S2. The van der Waals surface area contributed by atoms with Crippen molar-refractivity contribution in [2.24, 2.45) is 5.73 Å². The topological polar surface area (TPSA) is 51.8 Å². The Labute approximate surface area is 118 Å². The van der Waals surface area contributed by atoms with Gasteiger partial charge in [0, 0.05) is 34.6 Å². The molecular weight excluding hydrogens is 262 g/mol. The molecule has 2 heterocycles. The lowest BCUT2D eigenvalue weighted by molar-refractivity contribution is 0.732. The summed E-state index contributed by atoms with van der Waals surface area (Å²) in [5, 5.41) is 1.10. The van der Waals surface area contributed by atoms with Crippen molar-refractivity contribution in [1.29, 1.82) is 0 Å². The molecule has 0 saturated carbocycles. The SMILES string of the molecule is CCC1SCCSC1c1nc(C)cc(CCN)n1. The maximum absolute atomic E-state index is 5.62. The van der Waals surface area contributed by atoms with Crippen LogP contribution in [0.2, 0.25) is 0 Å². The summed E-state index contributed by atoms with van der Waals surface area (Å²) in [4.78, 5) is 9.37. The first-order valence-electron chi connectivity index (χ1n) is 6.52. The highest BCUT2D eigenvalue weighted by molar-refractivity contribution is 8.06. The molecule has 2 rings (SSSR count). The first-order chi connectivity index (χ1) is 8.74. The Morgan fingerprint density at radius 1 is 1.33 bits per heavy atom. The minimum atomic E-state index is 0.449. The molecule has 0 radical (unpaired) electrons. The van der Waals surface area contributed by atoms with Gasteiger partial charge in [0.15, 0.2) is 0 Å². The smallest absolute Gasteiger partial charge is 0.142 e. The largest absolute Gasteiger partial charge is 0.330 e. The van der Waals surface area contributed by atoms with Crippen molar-refractivity contribution in [3.63, 3.8) is 0 Å². The molecule has 2 unspecified atom stereocenters. The van der Waals surface area contributed by atoms with Crippen molar-refractivity contribution in [2.75, 3.05) is 18.1 Å². The summed E-state index contributed by atoms with van der Waals surface area (Å²) in [6, 6.07) is 2.05. The zero-order valence-electron chi connectivity index (χ0n) is 11.1. The van der Waals surface area contributed by atoms with E-state index in [2.05, 4.69) is 29.7 Å². The van der Waals surface area contributed by atoms with Gasteiger partial charge in [0.1, 0.15) is 5.82 Å². The molecule has 5 heteroatoms. The first-order valence-corrected chi connectivity index (χ1v) is 8.62. The van der Waals surface area contributed by atoms with Crippen molar-refractivity contribution in [1.82, 2.24) is 9.97 Å². The fraction of sp³-hybridized carbons (Fsp3) is 0.692. The highest BCUT2D eigenvalue weighted by Gasteiger charge is 2.28. The first kappa shape index (κ1) is 14.2. The molecule has 1 aromatic rings. The highest BCUT2D eigenvalue weighted by atomic mass is 32.2. The van der Waals surface area contributed by atoms with Gasteiger partial charge in [-0.05, 0) is 26.0 Å². The Bertz CT molecular complexity index is 398. The predicted molar refractivity (Wildman–Crippen MR) is 81.3 cm³/mol. The van der Waals surface area contributed by atoms with Crippen LogP contribution in [0.4, 0.5) is 0 Å². The van der Waals surface area contributed by atoms with Gasteiger partial charge >= 0.3 is 0 Å². The summed E-state index contributed by atoms with van der Waals surface area (Å²) >= 11 is 4.07. The number of nitrogens with zero attached hydrogens (tertiary/aromatic N) is 2. The van der Waals surface area contributed by atoms with Crippen molar-refractivity contribution >= 4 is 23.5 Å². The summed E-state index contributed by atoms with van der Waals surface area (Å²) in [5.41, 5.74) is 7.78. The molecule has 100 valence electrons. The summed E-state index contributed by atoms with van der Waals surface area (Å²) in [6.45, 7) is 4.96. The number of hydrogen-bond acceptors (Lipinski definition) is 5. The van der Waals surface area contributed by atoms with Crippen LogP contribution >= 0.6 is 23.5 Å². The zero-order chi connectivity index (χ0) is 13.0. The van der Waals surface area contributed by atoms with Crippen molar-refractivity contribution in [3.05, 3.63) is 23.3 Å². The lowest BCUT2D eigenvalue weighted by Gasteiger charge is -2.29. The number of hydrogen-bond donors (Lipinski definition) is 1. The van der Waals surface area contributed by atoms with Gasteiger partial charge in [0.2, 0.25) is 0 Å². The van der Waals surface area contributed by atoms with Crippen LogP contribution in [0.5, 0.6) is 0 Å². The maximum Gasteiger partial charge on any atom is 0.142 e. The molecule has 2 atom stereocenters. The van der Waals surface area contributed by atoms with E-state index in [0.29, 0.717) is 17.0 Å². The van der Waals surface area contributed by atoms with Crippen molar-refractivity contribution < 1.29 is 0 Å². The Morgan fingerprint density at radius 3 is 2.83 bits per heavy atom. The monoisotopic (exact) mass is 283 g/mol. The normalized spacial score (nSPS) is 24.2. The number of thioether (sulfide) groups is 2. The predicted octanol–water partition coefficient (Wildman–Crippen LogP) is 2.59. The summed E-state index contributed by atoms with van der Waals surface area (Å²) in [5.74, 6) is 3.47. The molecule has 1 fully saturated rings. The second-order valence-corrected chi connectivity index (χ2v) is 7.10. The number of aromatic nitrogens is 2. The standard InChI is InChI=1S/C13H21N3S2/c1-3-11-12(18-7-6-17-11)13-15-9(2)8-10(16-13)4-5-14/h8,11-12H,3-7,14H2,1-2H3. The third-order valence-electron chi connectivity index (χ3n) is 3.03. The Kier molecular flexibility index (Phi) is 5.33. The molecule has 0 amide bonds. The van der Waals surface area contributed by atoms with E-state index in [1.807, 2.05) is 18.7 Å². The average Bonchev–Trinajstić information content (AvgIpc) is 2.38. The van der Waals surface area contributed by atoms with Crippen LogP contribution in [-0.4, -0.2) is 33.3 Å². The van der Waals surface area contributed by atoms with Crippen LogP contribution in [0.15, 0.2) is 6.07 Å². The van der Waals surface area contributed by atoms with E-state index in [1.165, 1.54) is 17.9 Å². The third kappa shape index (κ3) is 3.39. The van der Waals surface area contributed by atoms with Gasteiger partial charge in [-0.2, -0.15) is 11.8 Å². The van der Waals surface area contributed by atoms with E-state index in [9.17, 15) is 0 Å². The van der Waals surface area contributed by atoms with E-state index in [-0.39, 0.29) is 0 Å². The van der Waals surface area contributed by atoms with Crippen LogP contribution in [-0.2, 0) is 6.42 Å². The fourth-order valence-corrected chi connectivity index (χ4v) is 5.20. The second kappa shape index (κ2) is 6.78. The molecule has 18 heavy (non-hydrogen) atoms. The second-order valence-electron chi connectivity index (χ2n) is 4.51. The van der Waals surface area contributed by atoms with Gasteiger partial charge in [-0.25, -0.2) is 9.97 Å². The summed E-state index contributed by atoms with van der Waals surface area (Å²) in [7, 11) is 0. The van der Waals surface area contributed by atoms with E-state index in [0.717, 1.165) is 23.6 Å². The molecule has 1 saturated heterocycles. The average molecular weight is 283 g/mol.